The van der Waals surface area contributed by atoms with E-state index in [1.807, 2.05) is 24.4 Å². The lowest BCUT2D eigenvalue weighted by atomic mass is 9.87. The molecule has 3 aromatic rings. The van der Waals surface area contributed by atoms with Gasteiger partial charge in [-0.25, -0.2) is 0 Å². The number of rotatable bonds is 6. The normalized spacial score (nSPS) is 16.0. The molecule has 2 aromatic carbocycles. The third-order valence-electron chi connectivity index (χ3n) is 6.30. The lowest BCUT2D eigenvalue weighted by molar-refractivity contribution is -0.122. The summed E-state index contributed by atoms with van der Waals surface area (Å²) in [6, 6.07) is 12.4. The molecule has 0 bridgehead atoms. The summed E-state index contributed by atoms with van der Waals surface area (Å²) in [6.45, 7) is 2.16. The largest absolute Gasteiger partial charge is 0.361 e. The predicted octanol–water partition coefficient (Wildman–Crippen LogP) is 7.01. The van der Waals surface area contributed by atoms with Crippen molar-refractivity contribution in [3.8, 4) is 0 Å². The van der Waals surface area contributed by atoms with Crippen molar-refractivity contribution < 1.29 is 4.79 Å². The molecule has 0 spiro atoms. The van der Waals surface area contributed by atoms with Gasteiger partial charge in [0.1, 0.15) is 0 Å². The Morgan fingerprint density at radius 2 is 1.93 bits per heavy atom. The summed E-state index contributed by atoms with van der Waals surface area (Å²) in [4.78, 5) is 16.5. The number of aromatic amines is 1. The second-order valence-corrected chi connectivity index (χ2v) is 9.08. The van der Waals surface area contributed by atoms with Gasteiger partial charge in [0.05, 0.1) is 10.0 Å². The molecule has 158 valence electrons. The van der Waals surface area contributed by atoms with Crippen LogP contribution in [-0.2, 0) is 11.2 Å². The SMILES string of the molecule is CCc1cccc2c(C(CC(=O)NC3CCCCC3)c3ccc(Cl)c(Cl)c3)c[nH]c12. The summed E-state index contributed by atoms with van der Waals surface area (Å²) in [5.74, 6) is 0.00295. The van der Waals surface area contributed by atoms with Gasteiger partial charge in [0, 0.05) is 35.5 Å². The van der Waals surface area contributed by atoms with E-state index < -0.39 is 0 Å². The molecule has 1 aliphatic rings. The van der Waals surface area contributed by atoms with Crippen LogP contribution in [0.5, 0.6) is 0 Å². The Labute approximate surface area is 188 Å². The number of carbonyl (C=O) groups excluding carboxylic acids is 1. The molecule has 30 heavy (non-hydrogen) atoms. The topological polar surface area (TPSA) is 44.9 Å². The van der Waals surface area contributed by atoms with Crippen LogP contribution in [0.2, 0.25) is 10.0 Å². The molecule has 1 unspecified atom stereocenters. The van der Waals surface area contributed by atoms with Crippen molar-refractivity contribution in [1.29, 1.82) is 0 Å². The van der Waals surface area contributed by atoms with E-state index in [4.69, 9.17) is 23.2 Å². The number of hydrogen-bond acceptors (Lipinski definition) is 1. The van der Waals surface area contributed by atoms with Crippen LogP contribution in [0.15, 0.2) is 42.6 Å². The van der Waals surface area contributed by atoms with Crippen molar-refractivity contribution >= 4 is 40.0 Å². The van der Waals surface area contributed by atoms with Crippen LogP contribution in [0.25, 0.3) is 10.9 Å². The summed E-state index contributed by atoms with van der Waals surface area (Å²) >= 11 is 12.5. The molecule has 1 fully saturated rings. The highest BCUT2D eigenvalue weighted by atomic mass is 35.5. The van der Waals surface area contributed by atoms with Gasteiger partial charge < -0.3 is 10.3 Å². The van der Waals surface area contributed by atoms with Crippen LogP contribution in [0.1, 0.15) is 68.1 Å². The molecular weight excluding hydrogens is 415 g/mol. The van der Waals surface area contributed by atoms with E-state index in [2.05, 4.69) is 35.4 Å². The summed E-state index contributed by atoms with van der Waals surface area (Å²) in [7, 11) is 0. The molecular formula is C25H28Cl2N2O. The summed E-state index contributed by atoms with van der Waals surface area (Å²) < 4.78 is 0. The summed E-state index contributed by atoms with van der Waals surface area (Å²) in [6.07, 6.45) is 9.21. The van der Waals surface area contributed by atoms with Gasteiger partial charge in [-0.1, -0.05) is 73.7 Å². The number of nitrogens with one attached hydrogen (secondary N) is 2. The van der Waals surface area contributed by atoms with Crippen LogP contribution in [0.3, 0.4) is 0 Å². The molecule has 4 rings (SSSR count). The first-order chi connectivity index (χ1) is 14.6. The van der Waals surface area contributed by atoms with Gasteiger partial charge >= 0.3 is 0 Å². The molecule has 1 amide bonds. The monoisotopic (exact) mass is 442 g/mol. The molecule has 1 aromatic heterocycles. The van der Waals surface area contributed by atoms with E-state index in [-0.39, 0.29) is 11.8 Å². The van der Waals surface area contributed by atoms with Crippen LogP contribution in [0, 0.1) is 0 Å². The van der Waals surface area contributed by atoms with Gasteiger partial charge in [-0.15, -0.1) is 0 Å². The highest BCUT2D eigenvalue weighted by Crippen LogP contribution is 2.37. The zero-order valence-corrected chi connectivity index (χ0v) is 18.8. The Balaban J connectivity index is 1.69. The van der Waals surface area contributed by atoms with Crippen LogP contribution >= 0.6 is 23.2 Å². The van der Waals surface area contributed by atoms with Crippen molar-refractivity contribution in [3.05, 3.63) is 69.3 Å². The van der Waals surface area contributed by atoms with E-state index in [1.165, 1.54) is 24.8 Å². The highest BCUT2D eigenvalue weighted by Gasteiger charge is 2.24. The van der Waals surface area contributed by atoms with Crippen molar-refractivity contribution in [1.82, 2.24) is 10.3 Å². The molecule has 3 nitrogen and oxygen atoms in total. The zero-order chi connectivity index (χ0) is 21.1. The first kappa shape index (κ1) is 21.3. The standard InChI is InChI=1S/C25H28Cl2N2O/c1-2-16-7-6-10-19-21(15-28-25(16)19)20(17-11-12-22(26)23(27)13-17)14-24(30)29-18-8-4-3-5-9-18/h6-7,10-13,15,18,20,28H,2-5,8-9,14H2,1H3,(H,29,30). The maximum absolute atomic E-state index is 13.0. The van der Waals surface area contributed by atoms with Gasteiger partial charge in [0.25, 0.3) is 0 Å². The summed E-state index contributed by atoms with van der Waals surface area (Å²) in [5, 5.41) is 5.47. The fraction of sp³-hybridized carbons (Fsp3) is 0.400. The number of aromatic nitrogens is 1. The smallest absolute Gasteiger partial charge is 0.221 e. The Kier molecular flexibility index (Phi) is 6.70. The Morgan fingerprint density at radius 1 is 1.13 bits per heavy atom. The van der Waals surface area contributed by atoms with E-state index in [1.54, 1.807) is 0 Å². The Morgan fingerprint density at radius 3 is 2.67 bits per heavy atom. The Hall–Kier alpha value is -1.97. The number of halogens is 2. The number of hydrogen-bond donors (Lipinski definition) is 2. The van der Waals surface area contributed by atoms with Gasteiger partial charge in [-0.2, -0.15) is 0 Å². The number of H-pyrrole nitrogens is 1. The minimum absolute atomic E-state index is 0.0933. The number of benzene rings is 2. The molecule has 1 aliphatic carbocycles. The fourth-order valence-corrected chi connectivity index (χ4v) is 4.98. The number of amides is 1. The second kappa shape index (κ2) is 9.45. The quantitative estimate of drug-likeness (QED) is 0.423. The van der Waals surface area contributed by atoms with Gasteiger partial charge in [-0.3, -0.25) is 4.79 Å². The molecule has 1 saturated carbocycles. The third kappa shape index (κ3) is 4.53. The Bertz CT molecular complexity index is 1040. The maximum Gasteiger partial charge on any atom is 0.221 e. The first-order valence-corrected chi connectivity index (χ1v) is 11.7. The van der Waals surface area contributed by atoms with Crippen molar-refractivity contribution in [2.75, 3.05) is 0 Å². The molecule has 5 heteroatoms. The highest BCUT2D eigenvalue weighted by molar-refractivity contribution is 6.42. The van der Waals surface area contributed by atoms with Crippen LogP contribution < -0.4 is 5.32 Å². The lowest BCUT2D eigenvalue weighted by Crippen LogP contribution is -2.36. The van der Waals surface area contributed by atoms with E-state index in [0.717, 1.165) is 41.3 Å². The minimum Gasteiger partial charge on any atom is -0.361 e. The average Bonchev–Trinajstić information content (AvgIpc) is 3.19. The van der Waals surface area contributed by atoms with E-state index >= 15 is 0 Å². The number of carbonyl (C=O) groups is 1. The van der Waals surface area contributed by atoms with Gasteiger partial charge in [-0.05, 0) is 48.1 Å². The molecule has 0 aliphatic heterocycles. The molecule has 1 atom stereocenters. The van der Waals surface area contributed by atoms with E-state index in [0.29, 0.717) is 22.5 Å². The molecule has 1 heterocycles. The van der Waals surface area contributed by atoms with Crippen LogP contribution in [-0.4, -0.2) is 16.9 Å². The number of fused-ring (bicyclic) bond motifs is 1. The molecule has 0 saturated heterocycles. The second-order valence-electron chi connectivity index (χ2n) is 8.27. The van der Waals surface area contributed by atoms with Crippen molar-refractivity contribution in [2.24, 2.45) is 0 Å². The first-order valence-electron chi connectivity index (χ1n) is 10.9. The maximum atomic E-state index is 13.0. The summed E-state index contributed by atoms with van der Waals surface area (Å²) in [5.41, 5.74) is 4.55. The van der Waals surface area contributed by atoms with Gasteiger partial charge in [0.15, 0.2) is 0 Å². The number of para-hydroxylation sites is 1. The van der Waals surface area contributed by atoms with E-state index in [9.17, 15) is 4.79 Å². The average molecular weight is 443 g/mol. The van der Waals surface area contributed by atoms with Gasteiger partial charge in [0.2, 0.25) is 5.91 Å². The fourth-order valence-electron chi connectivity index (χ4n) is 4.68. The lowest BCUT2D eigenvalue weighted by Gasteiger charge is -2.24. The third-order valence-corrected chi connectivity index (χ3v) is 7.03. The molecule has 0 radical (unpaired) electrons. The zero-order valence-electron chi connectivity index (χ0n) is 17.3. The van der Waals surface area contributed by atoms with Crippen molar-refractivity contribution in [2.45, 2.75) is 63.8 Å². The van der Waals surface area contributed by atoms with Crippen molar-refractivity contribution in [3.63, 3.8) is 0 Å². The number of aryl methyl sites for hydroxylation is 1. The predicted molar refractivity (Wildman–Crippen MR) is 126 cm³/mol. The van der Waals surface area contributed by atoms with Crippen LogP contribution in [0.4, 0.5) is 0 Å². The minimum atomic E-state index is -0.0933. The molecule has 2 N–H and O–H groups in total.